The predicted molar refractivity (Wildman–Crippen MR) is 140 cm³/mol. The van der Waals surface area contributed by atoms with Crippen LogP contribution in [0.15, 0.2) is 47.6 Å². The van der Waals surface area contributed by atoms with Gasteiger partial charge in [-0.15, -0.1) is 0 Å². The summed E-state index contributed by atoms with van der Waals surface area (Å²) in [7, 11) is 0. The van der Waals surface area contributed by atoms with Gasteiger partial charge in [-0.25, -0.2) is 0 Å². The maximum atomic E-state index is 13.2. The number of fused-ring (bicyclic) bond motifs is 2. The summed E-state index contributed by atoms with van der Waals surface area (Å²) in [6.45, 7) is 9.98. The average molecular weight is 491 g/mol. The third-order valence-corrected chi connectivity index (χ3v) is 6.60. The van der Waals surface area contributed by atoms with E-state index in [-0.39, 0.29) is 40.8 Å². The van der Waals surface area contributed by atoms with E-state index in [9.17, 15) is 20.1 Å². The molecule has 0 aliphatic carbocycles. The van der Waals surface area contributed by atoms with Crippen LogP contribution in [-0.2, 0) is 6.42 Å². The van der Waals surface area contributed by atoms with Crippen molar-refractivity contribution in [2.24, 2.45) is 0 Å². The van der Waals surface area contributed by atoms with E-state index in [1.807, 2.05) is 32.9 Å². The van der Waals surface area contributed by atoms with Gasteiger partial charge in [-0.1, -0.05) is 29.4 Å². The van der Waals surface area contributed by atoms with E-state index in [2.05, 4.69) is 19.9 Å². The molecule has 190 valence electrons. The summed E-state index contributed by atoms with van der Waals surface area (Å²) in [6.07, 6.45) is 9.32. The Balaban J connectivity index is 1.67. The van der Waals surface area contributed by atoms with Crippen LogP contribution < -0.4 is 9.47 Å². The van der Waals surface area contributed by atoms with Crippen molar-refractivity contribution < 1.29 is 29.6 Å². The maximum absolute atomic E-state index is 13.2. The number of ketones is 1. The van der Waals surface area contributed by atoms with E-state index in [1.165, 1.54) is 11.6 Å². The molecule has 0 saturated heterocycles. The lowest BCUT2D eigenvalue weighted by Crippen LogP contribution is -2.28. The minimum absolute atomic E-state index is 0.00407. The standard InChI is InChI=1S/C30H34O6/c1-17(2)7-6-8-18(3)9-10-20-19(11-12-22(31)28(20)33)24-15-23(32)27-26(35-24)16-25-21(29(27)34)13-14-30(4,5)36-25/h7,9,11-14,16,24,31,33-34H,6,8,10,15H2,1-5H3. The zero-order valence-electron chi connectivity index (χ0n) is 21.5. The maximum Gasteiger partial charge on any atom is 0.174 e. The van der Waals surface area contributed by atoms with Crippen LogP contribution in [0.4, 0.5) is 0 Å². The highest BCUT2D eigenvalue weighted by atomic mass is 16.5. The summed E-state index contributed by atoms with van der Waals surface area (Å²) in [6, 6.07) is 4.73. The first-order valence-electron chi connectivity index (χ1n) is 12.3. The molecule has 0 amide bonds. The Morgan fingerprint density at radius 2 is 1.83 bits per heavy atom. The van der Waals surface area contributed by atoms with Crippen molar-refractivity contribution in [2.75, 3.05) is 0 Å². The number of phenols is 3. The summed E-state index contributed by atoms with van der Waals surface area (Å²) >= 11 is 0. The number of benzene rings is 2. The van der Waals surface area contributed by atoms with Gasteiger partial charge >= 0.3 is 0 Å². The van der Waals surface area contributed by atoms with E-state index < -0.39 is 11.7 Å². The average Bonchev–Trinajstić information content (AvgIpc) is 2.78. The van der Waals surface area contributed by atoms with Gasteiger partial charge in [-0.2, -0.15) is 0 Å². The molecule has 2 aliphatic heterocycles. The number of hydrogen-bond acceptors (Lipinski definition) is 6. The molecule has 2 heterocycles. The summed E-state index contributed by atoms with van der Waals surface area (Å²) < 4.78 is 12.2. The van der Waals surface area contributed by atoms with Gasteiger partial charge in [0.15, 0.2) is 17.3 Å². The Bertz CT molecular complexity index is 1290. The van der Waals surface area contributed by atoms with Gasteiger partial charge in [0, 0.05) is 17.2 Å². The van der Waals surface area contributed by atoms with Crippen molar-refractivity contribution in [1.29, 1.82) is 0 Å². The molecular formula is C30H34O6. The fraction of sp³-hybridized carbons (Fsp3) is 0.367. The molecule has 0 saturated carbocycles. The number of carbonyl (C=O) groups is 1. The Hall–Kier alpha value is -3.67. The minimum atomic E-state index is -0.685. The molecule has 3 N–H and O–H groups in total. The predicted octanol–water partition coefficient (Wildman–Crippen LogP) is 6.93. The zero-order valence-corrected chi connectivity index (χ0v) is 21.5. The van der Waals surface area contributed by atoms with Gasteiger partial charge in [0.25, 0.3) is 0 Å². The smallest absolute Gasteiger partial charge is 0.174 e. The molecule has 6 heteroatoms. The Kier molecular flexibility index (Phi) is 6.90. The molecule has 1 unspecified atom stereocenters. The van der Waals surface area contributed by atoms with Crippen molar-refractivity contribution in [3.8, 4) is 28.7 Å². The zero-order chi connectivity index (χ0) is 26.2. The van der Waals surface area contributed by atoms with Crippen molar-refractivity contribution in [3.05, 3.63) is 69.8 Å². The van der Waals surface area contributed by atoms with Crippen LogP contribution in [0.5, 0.6) is 28.7 Å². The number of carbonyl (C=O) groups excluding carboxylic acids is 1. The molecule has 1 atom stereocenters. The lowest BCUT2D eigenvalue weighted by Gasteiger charge is -2.32. The van der Waals surface area contributed by atoms with Gasteiger partial charge in [0.2, 0.25) is 0 Å². The number of Topliss-reactive ketones (excluding diaryl/α,β-unsaturated/α-hetero) is 1. The second-order valence-corrected chi connectivity index (χ2v) is 10.4. The van der Waals surface area contributed by atoms with Gasteiger partial charge < -0.3 is 24.8 Å². The fourth-order valence-corrected chi connectivity index (χ4v) is 4.61. The molecule has 4 rings (SSSR count). The number of aromatic hydroxyl groups is 3. The highest BCUT2D eigenvalue weighted by Crippen LogP contribution is 2.48. The summed E-state index contributed by atoms with van der Waals surface area (Å²) in [4.78, 5) is 13.2. The molecule has 6 nitrogen and oxygen atoms in total. The van der Waals surface area contributed by atoms with Crippen LogP contribution in [0.3, 0.4) is 0 Å². The monoisotopic (exact) mass is 490 g/mol. The van der Waals surface area contributed by atoms with Crippen LogP contribution in [0, 0.1) is 0 Å². The lowest BCUT2D eigenvalue weighted by atomic mass is 9.89. The van der Waals surface area contributed by atoms with Crippen molar-refractivity contribution in [2.45, 2.75) is 72.0 Å². The Morgan fingerprint density at radius 1 is 1.08 bits per heavy atom. The van der Waals surface area contributed by atoms with E-state index in [0.717, 1.165) is 18.4 Å². The molecule has 2 aromatic rings. The van der Waals surface area contributed by atoms with E-state index >= 15 is 0 Å². The lowest BCUT2D eigenvalue weighted by molar-refractivity contribution is 0.0841. The van der Waals surface area contributed by atoms with Crippen LogP contribution in [0.2, 0.25) is 0 Å². The number of rotatable bonds is 6. The van der Waals surface area contributed by atoms with Crippen molar-refractivity contribution in [3.63, 3.8) is 0 Å². The molecule has 0 radical (unpaired) electrons. The first-order valence-corrected chi connectivity index (χ1v) is 12.3. The number of hydrogen-bond donors (Lipinski definition) is 3. The molecule has 2 aliphatic rings. The van der Waals surface area contributed by atoms with Gasteiger partial charge in [-0.3, -0.25) is 4.79 Å². The van der Waals surface area contributed by atoms with Crippen LogP contribution in [-0.4, -0.2) is 26.7 Å². The van der Waals surface area contributed by atoms with Gasteiger partial charge in [-0.05, 0) is 72.1 Å². The number of phenolic OH excluding ortho intramolecular Hbond substituents is 3. The fourth-order valence-electron chi connectivity index (χ4n) is 4.61. The summed E-state index contributed by atoms with van der Waals surface area (Å²) in [5, 5.41) is 31.7. The molecule has 0 aromatic heterocycles. The topological polar surface area (TPSA) is 96.2 Å². The van der Waals surface area contributed by atoms with Crippen molar-refractivity contribution >= 4 is 11.9 Å². The van der Waals surface area contributed by atoms with E-state index in [4.69, 9.17) is 9.47 Å². The quantitative estimate of drug-likeness (QED) is 0.300. The Labute approximate surface area is 212 Å². The number of ether oxygens (including phenoxy) is 2. The summed E-state index contributed by atoms with van der Waals surface area (Å²) in [5.41, 5.74) is 3.61. The first kappa shape index (κ1) is 25.4. The largest absolute Gasteiger partial charge is 0.506 e. The van der Waals surface area contributed by atoms with Crippen LogP contribution in [0.25, 0.3) is 6.08 Å². The molecule has 36 heavy (non-hydrogen) atoms. The van der Waals surface area contributed by atoms with E-state index in [0.29, 0.717) is 28.9 Å². The second kappa shape index (κ2) is 9.76. The molecule has 0 spiro atoms. The number of allylic oxidation sites excluding steroid dienone is 4. The van der Waals surface area contributed by atoms with Crippen molar-refractivity contribution in [1.82, 2.24) is 0 Å². The van der Waals surface area contributed by atoms with Crippen LogP contribution >= 0.6 is 0 Å². The normalized spacial score (nSPS) is 18.1. The first-order chi connectivity index (χ1) is 17.0. The summed E-state index contributed by atoms with van der Waals surface area (Å²) in [5.74, 6) is -0.165. The third-order valence-electron chi connectivity index (χ3n) is 6.60. The second-order valence-electron chi connectivity index (χ2n) is 10.4. The third kappa shape index (κ3) is 5.13. The minimum Gasteiger partial charge on any atom is -0.506 e. The molecular weight excluding hydrogens is 456 g/mol. The highest BCUT2D eigenvalue weighted by molar-refractivity contribution is 6.04. The highest BCUT2D eigenvalue weighted by Gasteiger charge is 2.36. The SMILES string of the molecule is CC(C)=CCCC(C)=CCc1c(C2CC(=O)c3c(cc4c(c3O)C=CC(C)(C)O4)O2)ccc(O)c1O. The molecule has 0 bridgehead atoms. The molecule has 2 aromatic carbocycles. The van der Waals surface area contributed by atoms with Gasteiger partial charge in [0.05, 0.1) is 12.0 Å². The van der Waals surface area contributed by atoms with Crippen LogP contribution in [0.1, 0.15) is 87.0 Å². The van der Waals surface area contributed by atoms with Gasteiger partial charge in [0.1, 0.15) is 34.5 Å². The Morgan fingerprint density at radius 3 is 2.56 bits per heavy atom. The molecule has 0 fully saturated rings. The van der Waals surface area contributed by atoms with E-state index in [1.54, 1.807) is 18.2 Å².